The molecule has 0 radical (unpaired) electrons. The highest BCUT2D eigenvalue weighted by Crippen LogP contribution is 2.28. The lowest BCUT2D eigenvalue weighted by atomic mass is 9.94. The van der Waals surface area contributed by atoms with Crippen LogP contribution in [0.4, 0.5) is 0 Å². The average Bonchev–Trinajstić information content (AvgIpc) is 3.49. The van der Waals surface area contributed by atoms with E-state index in [0.29, 0.717) is 18.0 Å². The number of hydrogen-bond donors (Lipinski definition) is 1. The van der Waals surface area contributed by atoms with E-state index in [4.69, 9.17) is 4.74 Å². The van der Waals surface area contributed by atoms with Crippen LogP contribution in [0.5, 0.6) is 0 Å². The normalized spacial score (nSPS) is 20.3. The highest BCUT2D eigenvalue weighted by atomic mass is 16.5. The predicted molar refractivity (Wildman–Crippen MR) is 98.9 cm³/mol. The SMILES string of the molecule is CC(C)OCC(=O)N1CCC[C@H](c2ccc(C(=O)NCC3CC3)cn2)C1. The maximum atomic E-state index is 12.3. The minimum absolute atomic E-state index is 0.0412. The second kappa shape index (κ2) is 8.62. The van der Waals surface area contributed by atoms with E-state index in [1.807, 2.05) is 30.9 Å². The minimum atomic E-state index is -0.0535. The molecule has 0 aromatic carbocycles. The first-order valence-corrected chi connectivity index (χ1v) is 9.66. The molecule has 0 spiro atoms. The van der Waals surface area contributed by atoms with Crippen LogP contribution in [0.2, 0.25) is 0 Å². The lowest BCUT2D eigenvalue weighted by Crippen LogP contribution is -2.41. The average molecular weight is 359 g/mol. The Morgan fingerprint density at radius 2 is 2.12 bits per heavy atom. The molecule has 2 amide bonds. The smallest absolute Gasteiger partial charge is 0.252 e. The van der Waals surface area contributed by atoms with Crippen LogP contribution < -0.4 is 5.32 Å². The molecule has 1 N–H and O–H groups in total. The quantitative estimate of drug-likeness (QED) is 0.811. The van der Waals surface area contributed by atoms with E-state index < -0.39 is 0 Å². The Bertz CT molecular complexity index is 626. The summed E-state index contributed by atoms with van der Waals surface area (Å²) in [6.07, 6.45) is 6.12. The number of nitrogens with one attached hydrogen (secondary N) is 1. The number of hydrogen-bond acceptors (Lipinski definition) is 4. The monoisotopic (exact) mass is 359 g/mol. The van der Waals surface area contributed by atoms with Crippen molar-refractivity contribution in [3.05, 3.63) is 29.6 Å². The molecule has 1 atom stereocenters. The van der Waals surface area contributed by atoms with Gasteiger partial charge >= 0.3 is 0 Å². The predicted octanol–water partition coefficient (Wildman–Crippen LogP) is 2.35. The zero-order valence-electron chi connectivity index (χ0n) is 15.7. The van der Waals surface area contributed by atoms with E-state index in [9.17, 15) is 9.59 Å². The summed E-state index contributed by atoms with van der Waals surface area (Å²) in [4.78, 5) is 30.8. The van der Waals surface area contributed by atoms with Crippen molar-refractivity contribution < 1.29 is 14.3 Å². The number of aromatic nitrogens is 1. The summed E-state index contributed by atoms with van der Waals surface area (Å²) < 4.78 is 5.43. The van der Waals surface area contributed by atoms with Gasteiger partial charge in [-0.15, -0.1) is 0 Å². The standard InChI is InChI=1S/C20H29N3O3/c1-14(2)26-13-19(24)23-9-3-4-17(12-23)18-8-7-16(11-21-18)20(25)22-10-15-5-6-15/h7-8,11,14-15,17H,3-6,9-10,12-13H2,1-2H3,(H,22,25)/t17-/m0/s1. The number of ether oxygens (including phenoxy) is 1. The van der Waals surface area contributed by atoms with Crippen LogP contribution >= 0.6 is 0 Å². The Morgan fingerprint density at radius 3 is 2.77 bits per heavy atom. The van der Waals surface area contributed by atoms with Crippen molar-refractivity contribution >= 4 is 11.8 Å². The molecule has 3 rings (SSSR count). The van der Waals surface area contributed by atoms with Gasteiger partial charge in [-0.3, -0.25) is 14.6 Å². The Labute approximate surface area is 155 Å². The third kappa shape index (κ3) is 5.27. The lowest BCUT2D eigenvalue weighted by Gasteiger charge is -2.32. The van der Waals surface area contributed by atoms with E-state index in [1.54, 1.807) is 6.20 Å². The van der Waals surface area contributed by atoms with Crippen molar-refractivity contribution in [1.29, 1.82) is 0 Å². The summed E-state index contributed by atoms with van der Waals surface area (Å²) in [6.45, 7) is 6.20. The van der Waals surface area contributed by atoms with Crippen molar-refractivity contribution in [3.8, 4) is 0 Å². The van der Waals surface area contributed by atoms with Crippen LogP contribution in [0.1, 0.15) is 61.5 Å². The topological polar surface area (TPSA) is 71.5 Å². The minimum Gasteiger partial charge on any atom is -0.369 e. The van der Waals surface area contributed by atoms with E-state index >= 15 is 0 Å². The van der Waals surface area contributed by atoms with E-state index in [0.717, 1.165) is 31.6 Å². The van der Waals surface area contributed by atoms with Gasteiger partial charge in [-0.2, -0.15) is 0 Å². The van der Waals surface area contributed by atoms with Gasteiger partial charge < -0.3 is 15.0 Å². The zero-order chi connectivity index (χ0) is 18.5. The molecule has 6 heteroatoms. The molecule has 0 unspecified atom stereocenters. The van der Waals surface area contributed by atoms with Crippen LogP contribution in [0.15, 0.2) is 18.3 Å². The molecule has 2 aliphatic rings. The molecule has 1 saturated carbocycles. The molecule has 2 heterocycles. The molecule has 1 aromatic heterocycles. The second-order valence-corrected chi connectivity index (χ2v) is 7.66. The van der Waals surface area contributed by atoms with Gasteiger partial charge in [0.05, 0.1) is 11.7 Å². The Morgan fingerprint density at radius 1 is 1.31 bits per heavy atom. The molecule has 142 valence electrons. The van der Waals surface area contributed by atoms with Crippen molar-refractivity contribution in [2.24, 2.45) is 5.92 Å². The van der Waals surface area contributed by atoms with Crippen LogP contribution in [-0.4, -0.2) is 54.0 Å². The number of pyridine rings is 1. The van der Waals surface area contributed by atoms with Gasteiger partial charge in [0.1, 0.15) is 6.61 Å². The molecular weight excluding hydrogens is 330 g/mol. The molecule has 6 nitrogen and oxygen atoms in total. The Hall–Kier alpha value is -1.95. The number of piperidine rings is 1. The van der Waals surface area contributed by atoms with Crippen molar-refractivity contribution in [2.45, 2.75) is 51.6 Å². The highest BCUT2D eigenvalue weighted by Gasteiger charge is 2.26. The van der Waals surface area contributed by atoms with Crippen LogP contribution in [0.25, 0.3) is 0 Å². The number of carbonyl (C=O) groups is 2. The third-order valence-corrected chi connectivity index (χ3v) is 5.03. The number of likely N-dealkylation sites (tertiary alicyclic amines) is 1. The van der Waals surface area contributed by atoms with E-state index in [-0.39, 0.29) is 30.4 Å². The highest BCUT2D eigenvalue weighted by molar-refractivity contribution is 5.93. The summed E-state index contributed by atoms with van der Waals surface area (Å²) in [5.74, 6) is 0.869. The molecule has 0 bridgehead atoms. The second-order valence-electron chi connectivity index (χ2n) is 7.66. The summed E-state index contributed by atoms with van der Waals surface area (Å²) in [6, 6.07) is 3.77. The number of amides is 2. The lowest BCUT2D eigenvalue weighted by molar-refractivity contribution is -0.138. The summed E-state index contributed by atoms with van der Waals surface area (Å²) >= 11 is 0. The van der Waals surface area contributed by atoms with Crippen molar-refractivity contribution in [3.63, 3.8) is 0 Å². The molecule has 26 heavy (non-hydrogen) atoms. The molecular formula is C20H29N3O3. The van der Waals surface area contributed by atoms with Gasteiger partial charge in [0, 0.05) is 37.4 Å². The fraction of sp³-hybridized carbons (Fsp3) is 0.650. The van der Waals surface area contributed by atoms with Crippen molar-refractivity contribution in [2.75, 3.05) is 26.2 Å². The van der Waals surface area contributed by atoms with Gasteiger partial charge in [0.25, 0.3) is 5.91 Å². The number of nitrogens with zero attached hydrogens (tertiary/aromatic N) is 2. The summed E-state index contributed by atoms with van der Waals surface area (Å²) in [5.41, 5.74) is 1.55. The largest absolute Gasteiger partial charge is 0.369 e. The molecule has 1 saturated heterocycles. The molecule has 1 aliphatic heterocycles. The maximum absolute atomic E-state index is 12.3. The van der Waals surface area contributed by atoms with Gasteiger partial charge in [-0.1, -0.05) is 0 Å². The fourth-order valence-corrected chi connectivity index (χ4v) is 3.22. The van der Waals surface area contributed by atoms with Crippen LogP contribution in [0.3, 0.4) is 0 Å². The Balaban J connectivity index is 1.54. The Kier molecular flexibility index (Phi) is 6.25. The molecule has 1 aromatic rings. The van der Waals surface area contributed by atoms with Gasteiger partial charge in [0.2, 0.25) is 5.91 Å². The number of rotatable bonds is 7. The number of carbonyl (C=O) groups excluding carboxylic acids is 2. The van der Waals surface area contributed by atoms with Crippen molar-refractivity contribution in [1.82, 2.24) is 15.2 Å². The third-order valence-electron chi connectivity index (χ3n) is 5.03. The van der Waals surface area contributed by atoms with Gasteiger partial charge in [0.15, 0.2) is 0 Å². The van der Waals surface area contributed by atoms with E-state index in [2.05, 4.69) is 10.3 Å². The molecule has 2 fully saturated rings. The first-order chi connectivity index (χ1) is 12.5. The summed E-state index contributed by atoms with van der Waals surface area (Å²) in [7, 11) is 0. The van der Waals surface area contributed by atoms with Gasteiger partial charge in [-0.25, -0.2) is 0 Å². The fourth-order valence-electron chi connectivity index (χ4n) is 3.22. The first-order valence-electron chi connectivity index (χ1n) is 9.66. The first kappa shape index (κ1) is 18.8. The van der Waals surface area contributed by atoms with E-state index in [1.165, 1.54) is 12.8 Å². The summed E-state index contributed by atoms with van der Waals surface area (Å²) in [5, 5.41) is 2.96. The molecule has 1 aliphatic carbocycles. The maximum Gasteiger partial charge on any atom is 0.252 e. The van der Waals surface area contributed by atoms with Crippen LogP contribution in [-0.2, 0) is 9.53 Å². The zero-order valence-corrected chi connectivity index (χ0v) is 15.7. The van der Waals surface area contributed by atoms with Crippen LogP contribution in [0, 0.1) is 5.92 Å². The van der Waals surface area contributed by atoms with Gasteiger partial charge in [-0.05, 0) is 57.6 Å².